The van der Waals surface area contributed by atoms with Gasteiger partial charge in [-0.15, -0.1) is 0 Å². The lowest BCUT2D eigenvalue weighted by Gasteiger charge is -2.19. The molecule has 0 aliphatic rings. The van der Waals surface area contributed by atoms with Gasteiger partial charge in [-0.3, -0.25) is 0 Å². The molecule has 3 heteroatoms. The molecule has 2 nitrogen and oxygen atoms in total. The van der Waals surface area contributed by atoms with E-state index in [1.165, 1.54) is 5.30 Å². The first-order chi connectivity index (χ1) is 10.2. The lowest BCUT2D eigenvalue weighted by molar-refractivity contribution is 0.475. The normalized spacial score (nSPS) is 10.7. The van der Waals surface area contributed by atoms with Gasteiger partial charge >= 0.3 is 0 Å². The molecule has 0 aromatic heterocycles. The third-order valence-electron chi connectivity index (χ3n) is 3.19. The highest BCUT2D eigenvalue weighted by molar-refractivity contribution is 7.79. The van der Waals surface area contributed by atoms with Gasteiger partial charge in [-0.1, -0.05) is 54.6 Å². The molecule has 0 saturated carbocycles. The van der Waals surface area contributed by atoms with E-state index in [0.29, 0.717) is 0 Å². The summed E-state index contributed by atoms with van der Waals surface area (Å²) in [4.78, 5) is 0. The summed E-state index contributed by atoms with van der Waals surface area (Å²) >= 11 is 0. The Morgan fingerprint density at radius 3 is 1.48 bits per heavy atom. The summed E-state index contributed by atoms with van der Waals surface area (Å²) in [5, 5.41) is 22.8. The zero-order chi connectivity index (χ0) is 14.7. The molecule has 3 aromatic carbocycles. The van der Waals surface area contributed by atoms with Gasteiger partial charge in [-0.05, 0) is 48.1 Å². The fourth-order valence-corrected chi connectivity index (χ4v) is 4.65. The molecule has 0 bridgehead atoms. The number of phenols is 2. The van der Waals surface area contributed by atoms with Gasteiger partial charge in [-0.2, -0.15) is 0 Å². The Balaban J connectivity index is 2.16. The van der Waals surface area contributed by atoms with Crippen LogP contribution in [0.5, 0.6) is 11.5 Å². The van der Waals surface area contributed by atoms with Crippen molar-refractivity contribution in [1.82, 2.24) is 0 Å². The summed E-state index contributed by atoms with van der Waals surface area (Å²) in [6.45, 7) is 0. The number of hydrogen-bond acceptors (Lipinski definition) is 2. The summed E-state index contributed by atoms with van der Waals surface area (Å²) in [5.41, 5.74) is 0. The zero-order valence-electron chi connectivity index (χ0n) is 11.3. The zero-order valence-corrected chi connectivity index (χ0v) is 12.2. The Morgan fingerprint density at radius 2 is 1.00 bits per heavy atom. The maximum Gasteiger partial charge on any atom is 0.116 e. The van der Waals surface area contributed by atoms with Gasteiger partial charge < -0.3 is 10.2 Å². The van der Waals surface area contributed by atoms with Crippen molar-refractivity contribution >= 4 is 23.8 Å². The van der Waals surface area contributed by atoms with Crippen LogP contribution in [-0.4, -0.2) is 10.2 Å². The molecule has 3 rings (SSSR count). The van der Waals surface area contributed by atoms with Gasteiger partial charge in [0, 0.05) is 0 Å². The summed E-state index contributed by atoms with van der Waals surface area (Å²) in [5.74, 6) is 0.521. The number of hydrogen-bond donors (Lipinski definition) is 2. The summed E-state index contributed by atoms with van der Waals surface area (Å²) in [6.07, 6.45) is 0. The predicted molar refractivity (Wildman–Crippen MR) is 88.5 cm³/mol. The number of rotatable bonds is 3. The van der Waals surface area contributed by atoms with Gasteiger partial charge in [0.15, 0.2) is 0 Å². The van der Waals surface area contributed by atoms with Crippen molar-refractivity contribution in [2.75, 3.05) is 0 Å². The maximum atomic E-state index is 9.77. The molecule has 3 aromatic rings. The second kappa shape index (κ2) is 5.99. The van der Waals surface area contributed by atoms with Crippen molar-refractivity contribution in [2.24, 2.45) is 0 Å². The van der Waals surface area contributed by atoms with E-state index in [1.807, 2.05) is 42.5 Å². The molecule has 0 fully saturated rings. The van der Waals surface area contributed by atoms with Gasteiger partial charge in [0.2, 0.25) is 0 Å². The first kappa shape index (κ1) is 13.7. The van der Waals surface area contributed by atoms with E-state index in [-0.39, 0.29) is 11.5 Å². The highest BCUT2D eigenvalue weighted by Crippen LogP contribution is 2.34. The molecule has 0 atom stereocenters. The number of aromatic hydroxyl groups is 2. The molecule has 0 heterocycles. The summed E-state index contributed by atoms with van der Waals surface area (Å²) < 4.78 is 0. The minimum absolute atomic E-state index is 0.260. The van der Waals surface area contributed by atoms with E-state index in [2.05, 4.69) is 12.1 Å². The topological polar surface area (TPSA) is 40.5 Å². The first-order valence-corrected chi connectivity index (χ1v) is 8.01. The molecule has 104 valence electrons. The van der Waals surface area contributed by atoms with Gasteiger partial charge in [0.1, 0.15) is 11.5 Å². The minimum atomic E-state index is -0.798. The fourth-order valence-electron chi connectivity index (χ4n) is 2.29. The quantitative estimate of drug-likeness (QED) is 0.729. The predicted octanol–water partition coefficient (Wildman–Crippen LogP) is 2.86. The lowest BCUT2D eigenvalue weighted by atomic mass is 10.3. The van der Waals surface area contributed by atoms with Crippen molar-refractivity contribution in [3.05, 3.63) is 78.9 Å². The summed E-state index contributed by atoms with van der Waals surface area (Å²) in [7, 11) is -0.798. The molecule has 0 spiro atoms. The van der Waals surface area contributed by atoms with Crippen molar-refractivity contribution in [2.45, 2.75) is 0 Å². The molecule has 0 saturated heterocycles. The molecule has 0 aliphatic heterocycles. The van der Waals surface area contributed by atoms with Crippen LogP contribution in [0.1, 0.15) is 0 Å². The average molecular weight is 294 g/mol. The largest absolute Gasteiger partial charge is 0.508 e. The van der Waals surface area contributed by atoms with Gasteiger partial charge in [-0.25, -0.2) is 0 Å². The van der Waals surface area contributed by atoms with E-state index in [9.17, 15) is 10.2 Å². The molecule has 0 aliphatic carbocycles. The molecular weight excluding hydrogens is 279 g/mol. The van der Waals surface area contributed by atoms with Crippen LogP contribution in [-0.2, 0) is 0 Å². The Hall–Kier alpha value is -2.31. The van der Waals surface area contributed by atoms with Crippen LogP contribution in [0, 0.1) is 0 Å². The van der Waals surface area contributed by atoms with Crippen LogP contribution < -0.4 is 15.9 Å². The average Bonchev–Trinajstić information content (AvgIpc) is 2.49. The van der Waals surface area contributed by atoms with E-state index in [1.54, 1.807) is 24.3 Å². The molecule has 0 radical (unpaired) electrons. The van der Waals surface area contributed by atoms with Crippen LogP contribution in [0.25, 0.3) is 0 Å². The maximum absolute atomic E-state index is 9.77. The van der Waals surface area contributed by atoms with E-state index in [4.69, 9.17) is 0 Å². The van der Waals surface area contributed by atoms with Crippen molar-refractivity contribution < 1.29 is 10.2 Å². The Kier molecular flexibility index (Phi) is 3.89. The molecule has 2 N–H and O–H groups in total. The second-order valence-corrected chi connectivity index (χ2v) is 6.93. The Morgan fingerprint density at radius 1 is 0.524 bits per heavy atom. The van der Waals surface area contributed by atoms with Crippen molar-refractivity contribution in [3.63, 3.8) is 0 Å². The molecule has 21 heavy (non-hydrogen) atoms. The fraction of sp³-hybridized carbons (Fsp3) is 0. The van der Waals surface area contributed by atoms with Crippen LogP contribution >= 0.6 is 7.92 Å². The SMILES string of the molecule is Oc1cccc(P(c2ccccc2)c2cccc(O)c2)c1. The highest BCUT2D eigenvalue weighted by Gasteiger charge is 2.16. The molecule has 0 amide bonds. The molecular formula is C18H15O2P. The lowest BCUT2D eigenvalue weighted by Crippen LogP contribution is -2.20. The van der Waals surface area contributed by atoms with Crippen LogP contribution in [0.4, 0.5) is 0 Å². The second-order valence-electron chi connectivity index (χ2n) is 4.71. The van der Waals surface area contributed by atoms with E-state index in [0.717, 1.165) is 10.6 Å². The van der Waals surface area contributed by atoms with Gasteiger partial charge in [0.25, 0.3) is 0 Å². The Bertz CT molecular complexity index is 695. The van der Waals surface area contributed by atoms with Crippen molar-refractivity contribution in [3.8, 4) is 11.5 Å². The van der Waals surface area contributed by atoms with Gasteiger partial charge in [0.05, 0.1) is 0 Å². The van der Waals surface area contributed by atoms with E-state index >= 15 is 0 Å². The van der Waals surface area contributed by atoms with Crippen LogP contribution in [0.15, 0.2) is 78.9 Å². The van der Waals surface area contributed by atoms with E-state index < -0.39 is 7.92 Å². The number of phenolic OH excluding ortho intramolecular Hbond substituents is 2. The number of benzene rings is 3. The Labute approximate surface area is 125 Å². The first-order valence-electron chi connectivity index (χ1n) is 6.67. The molecule has 0 unspecified atom stereocenters. The third kappa shape index (κ3) is 3.07. The standard InChI is InChI=1S/C18H15O2P/c19-14-6-4-10-17(12-14)21(16-8-2-1-3-9-16)18-11-5-7-15(20)13-18/h1-13,19-20H. The van der Waals surface area contributed by atoms with Crippen LogP contribution in [0.3, 0.4) is 0 Å². The smallest absolute Gasteiger partial charge is 0.116 e. The monoisotopic (exact) mass is 294 g/mol. The van der Waals surface area contributed by atoms with Crippen LogP contribution in [0.2, 0.25) is 0 Å². The third-order valence-corrected chi connectivity index (χ3v) is 5.59. The highest BCUT2D eigenvalue weighted by atomic mass is 31.1. The van der Waals surface area contributed by atoms with Crippen molar-refractivity contribution in [1.29, 1.82) is 0 Å². The summed E-state index contributed by atoms with van der Waals surface area (Å²) in [6, 6.07) is 24.8. The minimum Gasteiger partial charge on any atom is -0.508 e.